The number of amides is 3. The standard InChI is InChI=1S/C29H23ClN4O3/c1-15-11-17(30)13-20-25(15)32-28(37)29(20)24-23(26(35)34(27(24)36)18-7-3-2-4-8-18)22(33-29)12-16-14-31-21-10-6-5-9-19(16)21/h2-11,13-14,22-24,31,33H,12H2,1H3,(H,32,37)/t22-,23+,24-,29+/m0/s1. The van der Waals surface area contributed by atoms with E-state index in [1.807, 2.05) is 43.5 Å². The van der Waals surface area contributed by atoms with Crippen LogP contribution in [0.25, 0.3) is 10.9 Å². The third-order valence-corrected chi connectivity index (χ3v) is 8.33. The molecule has 3 N–H and O–H groups in total. The molecule has 1 aromatic heterocycles. The van der Waals surface area contributed by atoms with Crippen molar-refractivity contribution >= 4 is 51.6 Å². The van der Waals surface area contributed by atoms with Gasteiger partial charge >= 0.3 is 0 Å². The van der Waals surface area contributed by atoms with E-state index < -0.39 is 23.4 Å². The van der Waals surface area contributed by atoms with Gasteiger partial charge in [0.05, 0.1) is 17.5 Å². The maximum absolute atomic E-state index is 14.1. The zero-order valence-corrected chi connectivity index (χ0v) is 20.7. The van der Waals surface area contributed by atoms with Crippen LogP contribution < -0.4 is 15.5 Å². The van der Waals surface area contributed by atoms with Crippen molar-refractivity contribution in [3.8, 4) is 0 Å². The van der Waals surface area contributed by atoms with Crippen LogP contribution in [0.3, 0.4) is 0 Å². The molecule has 2 fully saturated rings. The number of aromatic amines is 1. The first-order chi connectivity index (χ1) is 17.9. The number of anilines is 2. The van der Waals surface area contributed by atoms with Crippen LogP contribution in [0.1, 0.15) is 16.7 Å². The Balaban J connectivity index is 1.40. The highest BCUT2D eigenvalue weighted by molar-refractivity contribution is 6.31. The summed E-state index contributed by atoms with van der Waals surface area (Å²) in [5.74, 6) is -2.64. The van der Waals surface area contributed by atoms with Gasteiger partial charge in [0.15, 0.2) is 0 Å². The second-order valence-corrected chi connectivity index (χ2v) is 10.5. The highest BCUT2D eigenvalue weighted by Gasteiger charge is 2.70. The normalized spacial score (nSPS) is 26.3. The molecule has 37 heavy (non-hydrogen) atoms. The number of carbonyl (C=O) groups is 3. The zero-order valence-electron chi connectivity index (χ0n) is 19.9. The molecule has 3 aliphatic heterocycles. The molecule has 4 heterocycles. The number of carbonyl (C=O) groups excluding carboxylic acids is 3. The topological polar surface area (TPSA) is 94.3 Å². The van der Waals surface area contributed by atoms with E-state index in [1.165, 1.54) is 4.90 Å². The Morgan fingerprint density at radius 2 is 1.73 bits per heavy atom. The summed E-state index contributed by atoms with van der Waals surface area (Å²) >= 11 is 6.45. The molecule has 8 heteroatoms. The first-order valence-corrected chi connectivity index (χ1v) is 12.7. The van der Waals surface area contributed by atoms with Gasteiger partial charge in [-0.25, -0.2) is 4.90 Å². The molecule has 7 nitrogen and oxygen atoms in total. The Morgan fingerprint density at radius 3 is 2.54 bits per heavy atom. The third-order valence-electron chi connectivity index (χ3n) is 8.12. The van der Waals surface area contributed by atoms with E-state index in [9.17, 15) is 14.4 Å². The number of fused-ring (bicyclic) bond motifs is 5. The molecular formula is C29H23ClN4O3. The summed E-state index contributed by atoms with van der Waals surface area (Å²) in [7, 11) is 0. The molecule has 3 aromatic carbocycles. The number of nitrogens with one attached hydrogen (secondary N) is 3. The monoisotopic (exact) mass is 510 g/mol. The number of rotatable bonds is 3. The van der Waals surface area contributed by atoms with E-state index in [0.29, 0.717) is 28.4 Å². The quantitative estimate of drug-likeness (QED) is 0.358. The van der Waals surface area contributed by atoms with E-state index in [2.05, 4.69) is 15.6 Å². The molecule has 0 saturated carbocycles. The number of aryl methyl sites for hydroxylation is 1. The minimum absolute atomic E-state index is 0.296. The van der Waals surface area contributed by atoms with Crippen LogP contribution in [-0.4, -0.2) is 28.7 Å². The first kappa shape index (κ1) is 22.3. The minimum atomic E-state index is -1.40. The van der Waals surface area contributed by atoms with Crippen LogP contribution in [0.15, 0.2) is 72.9 Å². The Kier molecular flexibility index (Phi) is 4.68. The second kappa shape index (κ2) is 7.78. The van der Waals surface area contributed by atoms with Crippen LogP contribution >= 0.6 is 11.6 Å². The molecule has 184 valence electrons. The van der Waals surface area contributed by atoms with Crippen molar-refractivity contribution < 1.29 is 14.4 Å². The van der Waals surface area contributed by atoms with Gasteiger partial charge in [-0.2, -0.15) is 0 Å². The highest BCUT2D eigenvalue weighted by atomic mass is 35.5. The average Bonchev–Trinajstić information content (AvgIpc) is 3.60. The number of aromatic nitrogens is 1. The lowest BCUT2D eigenvalue weighted by Crippen LogP contribution is -2.53. The van der Waals surface area contributed by atoms with Gasteiger partial charge in [-0.15, -0.1) is 0 Å². The van der Waals surface area contributed by atoms with Crippen LogP contribution in [0.5, 0.6) is 0 Å². The molecule has 2 saturated heterocycles. The van der Waals surface area contributed by atoms with E-state index >= 15 is 0 Å². The van der Waals surface area contributed by atoms with Gasteiger partial charge in [0, 0.05) is 39.4 Å². The molecular weight excluding hydrogens is 488 g/mol. The predicted molar refractivity (Wildman–Crippen MR) is 141 cm³/mol. The number of H-pyrrole nitrogens is 1. The summed E-state index contributed by atoms with van der Waals surface area (Å²) in [6, 6.07) is 19.9. The number of hydrogen-bond acceptors (Lipinski definition) is 4. The van der Waals surface area contributed by atoms with Crippen molar-refractivity contribution in [3.05, 3.63) is 94.6 Å². The molecule has 0 aliphatic carbocycles. The summed E-state index contributed by atoms with van der Waals surface area (Å²) in [4.78, 5) is 46.4. The largest absolute Gasteiger partial charge is 0.361 e. The number of halogens is 1. The summed E-state index contributed by atoms with van der Waals surface area (Å²) in [6.45, 7) is 1.87. The summed E-state index contributed by atoms with van der Waals surface area (Å²) < 4.78 is 0. The van der Waals surface area contributed by atoms with E-state index in [0.717, 1.165) is 22.0 Å². The first-order valence-electron chi connectivity index (χ1n) is 12.3. The summed E-state index contributed by atoms with van der Waals surface area (Å²) in [6.07, 6.45) is 2.41. The Bertz CT molecular complexity index is 1630. The van der Waals surface area contributed by atoms with Crippen molar-refractivity contribution in [2.75, 3.05) is 10.2 Å². The number of hydrogen-bond donors (Lipinski definition) is 3. The molecule has 0 unspecified atom stereocenters. The molecule has 1 spiro atoms. The SMILES string of the molecule is Cc1cc(Cl)cc2c1NC(=O)[C@@]21N[C@@H](Cc2c[nH]c3ccccc23)[C@H]2C(=O)N(c3ccccc3)C(=O)[C@H]21. The van der Waals surface area contributed by atoms with E-state index in [4.69, 9.17) is 11.6 Å². The van der Waals surface area contributed by atoms with Gasteiger partial charge in [-0.1, -0.05) is 48.0 Å². The molecule has 7 rings (SSSR count). The fourth-order valence-corrected chi connectivity index (χ4v) is 6.85. The second-order valence-electron chi connectivity index (χ2n) is 10.1. The maximum Gasteiger partial charge on any atom is 0.250 e. The van der Waals surface area contributed by atoms with Gasteiger partial charge in [0.2, 0.25) is 17.7 Å². The third kappa shape index (κ3) is 2.95. The Morgan fingerprint density at radius 1 is 0.973 bits per heavy atom. The lowest BCUT2D eigenvalue weighted by Gasteiger charge is -2.29. The molecule has 3 aliphatic rings. The Hall–Kier alpha value is -3.94. The fourth-order valence-electron chi connectivity index (χ4n) is 6.58. The van der Waals surface area contributed by atoms with Crippen molar-refractivity contribution in [3.63, 3.8) is 0 Å². The molecule has 0 bridgehead atoms. The van der Waals surface area contributed by atoms with Crippen molar-refractivity contribution in [2.45, 2.75) is 24.9 Å². The molecule has 0 radical (unpaired) electrons. The molecule has 4 atom stereocenters. The maximum atomic E-state index is 14.1. The van der Waals surface area contributed by atoms with E-state index in [-0.39, 0.29) is 17.7 Å². The van der Waals surface area contributed by atoms with Crippen molar-refractivity contribution in [1.29, 1.82) is 0 Å². The zero-order chi connectivity index (χ0) is 25.5. The fraction of sp³-hybridized carbons (Fsp3) is 0.207. The smallest absolute Gasteiger partial charge is 0.250 e. The van der Waals surface area contributed by atoms with Gasteiger partial charge in [-0.05, 0) is 54.8 Å². The van der Waals surface area contributed by atoms with Crippen LogP contribution in [0.4, 0.5) is 11.4 Å². The molecule has 3 amide bonds. The minimum Gasteiger partial charge on any atom is -0.361 e. The highest BCUT2D eigenvalue weighted by Crippen LogP contribution is 2.55. The summed E-state index contributed by atoms with van der Waals surface area (Å²) in [5, 5.41) is 8.02. The molecule has 4 aromatic rings. The van der Waals surface area contributed by atoms with Gasteiger partial charge in [0.1, 0.15) is 5.54 Å². The van der Waals surface area contributed by atoms with Crippen molar-refractivity contribution in [2.24, 2.45) is 11.8 Å². The lowest BCUT2D eigenvalue weighted by molar-refractivity contribution is -0.130. The number of para-hydroxylation sites is 2. The lowest BCUT2D eigenvalue weighted by atomic mass is 9.76. The van der Waals surface area contributed by atoms with E-state index in [1.54, 1.807) is 36.4 Å². The number of nitrogens with zero attached hydrogens (tertiary/aromatic N) is 1. The van der Waals surface area contributed by atoms with Gasteiger partial charge in [-0.3, -0.25) is 19.7 Å². The van der Waals surface area contributed by atoms with Crippen molar-refractivity contribution in [1.82, 2.24) is 10.3 Å². The number of benzene rings is 3. The van der Waals surface area contributed by atoms with Gasteiger partial charge < -0.3 is 10.3 Å². The average molecular weight is 511 g/mol. The summed E-state index contributed by atoms with van der Waals surface area (Å²) in [5.41, 5.74) is 3.19. The Labute approximate surface area is 217 Å². The number of imide groups is 1. The van der Waals surface area contributed by atoms with Gasteiger partial charge in [0.25, 0.3) is 0 Å². The van der Waals surface area contributed by atoms with Crippen LogP contribution in [0, 0.1) is 18.8 Å². The predicted octanol–water partition coefficient (Wildman–Crippen LogP) is 4.30. The van der Waals surface area contributed by atoms with Crippen LogP contribution in [-0.2, 0) is 26.3 Å². The van der Waals surface area contributed by atoms with Crippen LogP contribution in [0.2, 0.25) is 5.02 Å².